The summed E-state index contributed by atoms with van der Waals surface area (Å²) >= 11 is 0. The zero-order valence-electron chi connectivity index (χ0n) is 8.48. The fraction of sp³-hybridized carbons (Fsp3) is 1.00. The van der Waals surface area contributed by atoms with Gasteiger partial charge in [0.1, 0.15) is 0 Å². The van der Waals surface area contributed by atoms with E-state index in [9.17, 15) is 0 Å². The maximum atomic E-state index is 2.45. The first kappa shape index (κ1) is 9.09. The van der Waals surface area contributed by atoms with Crippen molar-refractivity contribution in [2.24, 2.45) is 17.3 Å². The third-order valence-electron chi connectivity index (χ3n) is 3.40. The molecule has 0 aromatic rings. The molecular weight excluding hydrogens is 132 g/mol. The van der Waals surface area contributed by atoms with E-state index in [2.05, 4.69) is 27.7 Å². The van der Waals surface area contributed by atoms with E-state index in [1.54, 1.807) is 0 Å². The summed E-state index contributed by atoms with van der Waals surface area (Å²) in [6.45, 7) is 9.53. The molecule has 0 bridgehead atoms. The van der Waals surface area contributed by atoms with Gasteiger partial charge in [0, 0.05) is 0 Å². The van der Waals surface area contributed by atoms with Crippen LogP contribution in [-0.4, -0.2) is 0 Å². The van der Waals surface area contributed by atoms with Crippen LogP contribution in [0.15, 0.2) is 0 Å². The Kier molecular flexibility index (Phi) is 2.61. The van der Waals surface area contributed by atoms with Crippen LogP contribution in [0.5, 0.6) is 0 Å². The van der Waals surface area contributed by atoms with E-state index in [0.29, 0.717) is 0 Å². The van der Waals surface area contributed by atoms with Gasteiger partial charge in [-0.25, -0.2) is 0 Å². The van der Waals surface area contributed by atoms with Gasteiger partial charge in [-0.3, -0.25) is 0 Å². The molecule has 1 aliphatic carbocycles. The van der Waals surface area contributed by atoms with E-state index in [-0.39, 0.29) is 0 Å². The van der Waals surface area contributed by atoms with Crippen molar-refractivity contribution in [1.82, 2.24) is 0 Å². The van der Waals surface area contributed by atoms with Gasteiger partial charge in [0.05, 0.1) is 0 Å². The van der Waals surface area contributed by atoms with Crippen molar-refractivity contribution < 1.29 is 0 Å². The second-order valence-electron chi connectivity index (χ2n) is 4.86. The molecule has 0 aliphatic heterocycles. The molecule has 0 heterocycles. The Hall–Kier alpha value is 0. The highest BCUT2D eigenvalue weighted by Gasteiger charge is 2.46. The highest BCUT2D eigenvalue weighted by Crippen LogP contribution is 2.56. The lowest BCUT2D eigenvalue weighted by Gasteiger charge is -2.15. The van der Waals surface area contributed by atoms with Crippen molar-refractivity contribution in [2.75, 3.05) is 0 Å². The van der Waals surface area contributed by atoms with Gasteiger partial charge in [0.15, 0.2) is 0 Å². The van der Waals surface area contributed by atoms with Gasteiger partial charge in [-0.05, 0) is 30.1 Å². The van der Waals surface area contributed by atoms with Crippen LogP contribution < -0.4 is 0 Å². The highest BCUT2D eigenvalue weighted by molar-refractivity contribution is 4.96. The van der Waals surface area contributed by atoms with Gasteiger partial charge in [-0.1, -0.05) is 40.5 Å². The summed E-state index contributed by atoms with van der Waals surface area (Å²) in [4.78, 5) is 0. The van der Waals surface area contributed by atoms with E-state index >= 15 is 0 Å². The Morgan fingerprint density at radius 1 is 1.55 bits per heavy atom. The van der Waals surface area contributed by atoms with Crippen LogP contribution >= 0.6 is 0 Å². The smallest absolute Gasteiger partial charge is 0.0295 e. The lowest BCUT2D eigenvalue weighted by molar-refractivity contribution is 0.357. The van der Waals surface area contributed by atoms with Crippen molar-refractivity contribution >= 4 is 0 Å². The summed E-state index contributed by atoms with van der Waals surface area (Å²) in [5.74, 6) is 1.96. The van der Waals surface area contributed by atoms with Crippen LogP contribution in [0, 0.1) is 17.3 Å². The molecule has 0 amide bonds. The molecule has 1 aliphatic rings. The van der Waals surface area contributed by atoms with Crippen LogP contribution in [0.2, 0.25) is 0 Å². The normalized spacial score (nSPS) is 38.7. The fourth-order valence-corrected chi connectivity index (χ4v) is 2.32. The Morgan fingerprint density at radius 3 is 2.45 bits per heavy atom. The van der Waals surface area contributed by atoms with E-state index in [4.69, 9.17) is 0 Å². The minimum Gasteiger partial charge on any atom is -0.0654 e. The maximum Gasteiger partial charge on any atom is -0.0295 e. The third kappa shape index (κ3) is 2.21. The predicted molar refractivity (Wildman–Crippen MR) is 50.6 cm³/mol. The van der Waals surface area contributed by atoms with Crippen molar-refractivity contribution in [3.05, 3.63) is 0 Å². The predicted octanol–water partition coefficient (Wildman–Crippen LogP) is 3.86. The number of rotatable bonds is 4. The Balaban J connectivity index is 2.20. The Bertz CT molecular complexity index is 128. The van der Waals surface area contributed by atoms with Gasteiger partial charge in [-0.2, -0.15) is 0 Å². The molecule has 3 unspecified atom stereocenters. The van der Waals surface area contributed by atoms with E-state index in [1.165, 1.54) is 25.7 Å². The summed E-state index contributed by atoms with van der Waals surface area (Å²) < 4.78 is 0. The molecule has 0 N–H and O–H groups in total. The average molecular weight is 154 g/mol. The van der Waals surface area contributed by atoms with Crippen molar-refractivity contribution in [2.45, 2.75) is 53.4 Å². The van der Waals surface area contributed by atoms with E-state index < -0.39 is 0 Å². The van der Waals surface area contributed by atoms with Crippen molar-refractivity contribution in [1.29, 1.82) is 0 Å². The maximum absolute atomic E-state index is 2.45. The van der Waals surface area contributed by atoms with Crippen molar-refractivity contribution in [3.63, 3.8) is 0 Å². The number of hydrogen-bond acceptors (Lipinski definition) is 0. The standard InChI is InChI=1S/C11H22/c1-5-6-9(2)7-11(4)8-10(11)3/h9-10H,5-8H2,1-4H3. The molecule has 1 fully saturated rings. The highest BCUT2D eigenvalue weighted by atomic mass is 14.5. The summed E-state index contributed by atoms with van der Waals surface area (Å²) in [7, 11) is 0. The molecule has 0 aromatic carbocycles. The number of hydrogen-bond donors (Lipinski definition) is 0. The molecule has 0 nitrogen and oxygen atoms in total. The Labute approximate surface area is 71.4 Å². The van der Waals surface area contributed by atoms with Crippen LogP contribution in [0.4, 0.5) is 0 Å². The minimum atomic E-state index is 0.731. The van der Waals surface area contributed by atoms with Crippen LogP contribution in [0.3, 0.4) is 0 Å². The third-order valence-corrected chi connectivity index (χ3v) is 3.40. The first-order valence-electron chi connectivity index (χ1n) is 5.08. The van der Waals surface area contributed by atoms with E-state index in [0.717, 1.165) is 17.3 Å². The van der Waals surface area contributed by atoms with Crippen LogP contribution in [0.25, 0.3) is 0 Å². The van der Waals surface area contributed by atoms with Gasteiger partial charge in [0.25, 0.3) is 0 Å². The molecule has 1 rings (SSSR count). The van der Waals surface area contributed by atoms with Gasteiger partial charge in [-0.15, -0.1) is 0 Å². The molecule has 11 heavy (non-hydrogen) atoms. The average Bonchev–Trinajstić information content (AvgIpc) is 2.39. The van der Waals surface area contributed by atoms with Gasteiger partial charge < -0.3 is 0 Å². The van der Waals surface area contributed by atoms with Gasteiger partial charge >= 0.3 is 0 Å². The second kappa shape index (κ2) is 3.16. The largest absolute Gasteiger partial charge is 0.0654 e. The molecule has 0 spiro atoms. The van der Waals surface area contributed by atoms with Gasteiger partial charge in [0.2, 0.25) is 0 Å². The van der Waals surface area contributed by atoms with Crippen LogP contribution in [-0.2, 0) is 0 Å². The first-order chi connectivity index (χ1) is 5.08. The zero-order chi connectivity index (χ0) is 8.48. The fourth-order valence-electron chi connectivity index (χ4n) is 2.32. The zero-order valence-corrected chi connectivity index (χ0v) is 8.48. The van der Waals surface area contributed by atoms with E-state index in [1.807, 2.05) is 0 Å². The molecule has 66 valence electrons. The summed E-state index contributed by atoms with van der Waals surface area (Å²) in [5.41, 5.74) is 0.731. The lowest BCUT2D eigenvalue weighted by atomic mass is 9.90. The summed E-state index contributed by atoms with van der Waals surface area (Å²) in [6, 6.07) is 0. The summed E-state index contributed by atoms with van der Waals surface area (Å²) in [5, 5.41) is 0. The van der Waals surface area contributed by atoms with Crippen molar-refractivity contribution in [3.8, 4) is 0 Å². The molecule has 1 saturated carbocycles. The monoisotopic (exact) mass is 154 g/mol. The molecular formula is C11H22. The quantitative estimate of drug-likeness (QED) is 0.577. The van der Waals surface area contributed by atoms with Crippen LogP contribution in [0.1, 0.15) is 53.4 Å². The SMILES string of the molecule is CCCC(C)CC1(C)CC1C. The molecule has 3 atom stereocenters. The topological polar surface area (TPSA) is 0 Å². The molecule has 0 aromatic heterocycles. The molecule has 0 heteroatoms. The summed E-state index contributed by atoms with van der Waals surface area (Å²) in [6.07, 6.45) is 5.71. The molecule has 0 radical (unpaired) electrons. The first-order valence-corrected chi connectivity index (χ1v) is 5.08. The second-order valence-corrected chi connectivity index (χ2v) is 4.86. The Morgan fingerprint density at radius 2 is 2.09 bits per heavy atom. The lowest BCUT2D eigenvalue weighted by Crippen LogP contribution is -2.04. The molecule has 0 saturated heterocycles. The minimum absolute atomic E-state index is 0.731.